The summed E-state index contributed by atoms with van der Waals surface area (Å²) in [5, 5.41) is 15.1. The molecule has 28 heavy (non-hydrogen) atoms. The fourth-order valence-corrected chi connectivity index (χ4v) is 6.08. The van der Waals surface area contributed by atoms with Gasteiger partial charge in [0.05, 0.1) is 11.1 Å². The number of sulfonamides is 2. The molecule has 0 N–H and O–H groups in total. The molecule has 11 nitrogen and oxygen atoms in total. The van der Waals surface area contributed by atoms with Crippen molar-refractivity contribution in [2.24, 2.45) is 7.05 Å². The zero-order valence-corrected chi connectivity index (χ0v) is 16.6. The molecule has 0 bridgehead atoms. The highest BCUT2D eigenvalue weighted by Gasteiger charge is 2.35. The third kappa shape index (κ3) is 3.78. The van der Waals surface area contributed by atoms with Crippen LogP contribution in [0.5, 0.6) is 0 Å². The zero-order valence-electron chi connectivity index (χ0n) is 15.0. The number of hydrogen-bond donors (Lipinski definition) is 0. The van der Waals surface area contributed by atoms with Crippen LogP contribution in [0.2, 0.25) is 0 Å². The lowest BCUT2D eigenvalue weighted by Crippen LogP contribution is -2.37. The fourth-order valence-electron chi connectivity index (χ4n) is 3.00. The molecule has 2 aromatic rings. The Labute approximate surface area is 162 Å². The number of hydrogen-bond acceptors (Lipinski definition) is 7. The van der Waals surface area contributed by atoms with Crippen molar-refractivity contribution < 1.29 is 21.8 Å². The van der Waals surface area contributed by atoms with Crippen LogP contribution in [0.4, 0.5) is 5.69 Å². The van der Waals surface area contributed by atoms with E-state index in [0.717, 1.165) is 10.4 Å². The summed E-state index contributed by atoms with van der Waals surface area (Å²) in [6.07, 6.45) is 2.88. The predicted molar refractivity (Wildman–Crippen MR) is 98.4 cm³/mol. The van der Waals surface area contributed by atoms with Gasteiger partial charge in [-0.2, -0.15) is 13.7 Å². The first-order valence-electron chi connectivity index (χ1n) is 8.36. The van der Waals surface area contributed by atoms with Gasteiger partial charge in [0.25, 0.3) is 5.69 Å². The summed E-state index contributed by atoms with van der Waals surface area (Å²) in [4.78, 5) is 10.1. The summed E-state index contributed by atoms with van der Waals surface area (Å²) in [5.41, 5.74) is -0.508. The van der Waals surface area contributed by atoms with Gasteiger partial charge in [-0.1, -0.05) is 12.1 Å². The predicted octanol–water partition coefficient (Wildman–Crippen LogP) is 0.414. The summed E-state index contributed by atoms with van der Waals surface area (Å²) in [5.74, 6) is 0. The van der Waals surface area contributed by atoms with Gasteiger partial charge in [0, 0.05) is 45.5 Å². The molecule has 0 unspecified atom stereocenters. The van der Waals surface area contributed by atoms with Gasteiger partial charge in [-0.15, -0.1) is 0 Å². The SMILES string of the molecule is Cn1cc(S(=O)(=O)N2CCCN(S(=O)(=O)c3ccccc3[N+](=O)[O-])CC2)cn1. The smallest absolute Gasteiger partial charge is 0.274 e. The maximum Gasteiger partial charge on any atom is 0.289 e. The molecule has 3 rings (SSSR count). The molecule has 1 saturated heterocycles. The van der Waals surface area contributed by atoms with E-state index in [9.17, 15) is 26.9 Å². The van der Waals surface area contributed by atoms with Gasteiger partial charge in [0.1, 0.15) is 4.90 Å². The summed E-state index contributed by atoms with van der Waals surface area (Å²) in [6.45, 7) is 0.0402. The normalized spacial score (nSPS) is 17.3. The van der Waals surface area contributed by atoms with Crippen molar-refractivity contribution in [3.05, 3.63) is 46.8 Å². The van der Waals surface area contributed by atoms with E-state index in [1.165, 1.54) is 39.6 Å². The van der Waals surface area contributed by atoms with Gasteiger partial charge in [-0.3, -0.25) is 14.8 Å². The van der Waals surface area contributed by atoms with Gasteiger partial charge in [0.2, 0.25) is 20.0 Å². The third-order valence-electron chi connectivity index (χ3n) is 4.41. The number of nitro benzene ring substituents is 1. The standard InChI is InChI=1S/C15H19N5O6S2/c1-17-12-13(11-16-17)27(23,24)18-7-4-8-19(10-9-18)28(25,26)15-6-3-2-5-14(15)20(21)22/h2-3,5-6,11-12H,4,7-10H2,1H3. The Hall–Kier alpha value is -2.35. The molecule has 1 fully saturated rings. The van der Waals surface area contributed by atoms with E-state index in [-0.39, 0.29) is 37.5 Å². The second-order valence-electron chi connectivity index (χ2n) is 6.24. The molecule has 0 atom stereocenters. The third-order valence-corrected chi connectivity index (χ3v) is 8.21. The lowest BCUT2D eigenvalue weighted by atomic mass is 10.3. The molecule has 152 valence electrons. The van der Waals surface area contributed by atoms with Crippen LogP contribution in [0.1, 0.15) is 6.42 Å². The van der Waals surface area contributed by atoms with Crippen LogP contribution in [-0.4, -0.2) is 66.3 Å². The molecule has 0 amide bonds. The Kier molecular flexibility index (Phi) is 5.52. The Morgan fingerprint density at radius 1 is 1.00 bits per heavy atom. The molecule has 1 aromatic carbocycles. The molecule has 13 heteroatoms. The van der Waals surface area contributed by atoms with E-state index in [0.29, 0.717) is 0 Å². The van der Waals surface area contributed by atoms with Crippen LogP contribution >= 0.6 is 0 Å². The van der Waals surface area contributed by atoms with E-state index in [4.69, 9.17) is 0 Å². The van der Waals surface area contributed by atoms with Crippen LogP contribution in [0.3, 0.4) is 0 Å². The van der Waals surface area contributed by atoms with Crippen molar-refractivity contribution in [2.45, 2.75) is 16.2 Å². The highest BCUT2D eigenvalue weighted by molar-refractivity contribution is 7.89. The summed E-state index contributed by atoms with van der Waals surface area (Å²) >= 11 is 0. The van der Waals surface area contributed by atoms with Crippen molar-refractivity contribution in [1.82, 2.24) is 18.4 Å². The number of para-hydroxylation sites is 1. The second kappa shape index (κ2) is 7.58. The molecule has 1 aromatic heterocycles. The lowest BCUT2D eigenvalue weighted by Gasteiger charge is -2.21. The van der Waals surface area contributed by atoms with Crippen molar-refractivity contribution in [3.63, 3.8) is 0 Å². The number of benzene rings is 1. The maximum atomic E-state index is 12.9. The largest absolute Gasteiger partial charge is 0.289 e. The summed E-state index contributed by atoms with van der Waals surface area (Å²) in [7, 11) is -6.34. The zero-order chi connectivity index (χ0) is 20.5. The van der Waals surface area contributed by atoms with Crippen molar-refractivity contribution in [3.8, 4) is 0 Å². The van der Waals surface area contributed by atoms with E-state index in [1.807, 2.05) is 0 Å². The average Bonchev–Trinajstić information content (AvgIpc) is 2.93. The summed E-state index contributed by atoms with van der Waals surface area (Å²) in [6, 6.07) is 5.12. The Balaban J connectivity index is 1.85. The minimum atomic E-state index is -4.14. The molecular weight excluding hydrogens is 410 g/mol. The van der Waals surface area contributed by atoms with Crippen molar-refractivity contribution in [2.75, 3.05) is 26.2 Å². The number of rotatable bonds is 5. The summed E-state index contributed by atoms with van der Waals surface area (Å²) < 4.78 is 55.0. The first kappa shape index (κ1) is 20.4. The van der Waals surface area contributed by atoms with Crippen LogP contribution < -0.4 is 0 Å². The molecular formula is C15H19N5O6S2. The van der Waals surface area contributed by atoms with Gasteiger partial charge in [-0.25, -0.2) is 16.8 Å². The monoisotopic (exact) mass is 429 g/mol. The van der Waals surface area contributed by atoms with Crippen LogP contribution in [0, 0.1) is 10.1 Å². The Morgan fingerprint density at radius 2 is 1.61 bits per heavy atom. The number of aryl methyl sites for hydroxylation is 1. The minimum absolute atomic E-state index is 0.0324. The maximum absolute atomic E-state index is 12.9. The molecule has 1 aliphatic heterocycles. The fraction of sp³-hybridized carbons (Fsp3) is 0.400. The Morgan fingerprint density at radius 3 is 2.18 bits per heavy atom. The van der Waals surface area contributed by atoms with Crippen LogP contribution in [0.15, 0.2) is 46.5 Å². The van der Waals surface area contributed by atoms with E-state index in [1.54, 1.807) is 7.05 Å². The van der Waals surface area contributed by atoms with Gasteiger partial charge >= 0.3 is 0 Å². The second-order valence-corrected chi connectivity index (χ2v) is 10.1. The van der Waals surface area contributed by atoms with Gasteiger partial charge < -0.3 is 0 Å². The highest BCUT2D eigenvalue weighted by Crippen LogP contribution is 2.27. The lowest BCUT2D eigenvalue weighted by molar-refractivity contribution is -0.387. The molecule has 0 radical (unpaired) electrons. The highest BCUT2D eigenvalue weighted by atomic mass is 32.2. The van der Waals surface area contributed by atoms with Crippen LogP contribution in [-0.2, 0) is 27.1 Å². The first-order chi connectivity index (χ1) is 13.1. The van der Waals surface area contributed by atoms with E-state index in [2.05, 4.69) is 5.10 Å². The quantitative estimate of drug-likeness (QED) is 0.496. The average molecular weight is 429 g/mol. The number of nitro groups is 1. The molecule has 0 spiro atoms. The molecule has 2 heterocycles. The number of aromatic nitrogens is 2. The van der Waals surface area contributed by atoms with E-state index < -0.39 is 35.6 Å². The molecule has 0 aliphatic carbocycles. The minimum Gasteiger partial charge on any atom is -0.274 e. The van der Waals surface area contributed by atoms with Crippen LogP contribution in [0.25, 0.3) is 0 Å². The molecule has 1 aliphatic rings. The first-order valence-corrected chi connectivity index (χ1v) is 11.2. The van der Waals surface area contributed by atoms with Gasteiger partial charge in [0.15, 0.2) is 4.90 Å². The van der Waals surface area contributed by atoms with Crippen molar-refractivity contribution in [1.29, 1.82) is 0 Å². The Bertz CT molecular complexity index is 1100. The topological polar surface area (TPSA) is 136 Å². The molecule has 0 saturated carbocycles. The van der Waals surface area contributed by atoms with Crippen molar-refractivity contribution >= 4 is 25.7 Å². The number of nitrogens with zero attached hydrogens (tertiary/aromatic N) is 5. The van der Waals surface area contributed by atoms with E-state index >= 15 is 0 Å². The van der Waals surface area contributed by atoms with Gasteiger partial charge in [-0.05, 0) is 12.5 Å².